The van der Waals surface area contributed by atoms with E-state index in [4.69, 9.17) is 4.74 Å². The van der Waals surface area contributed by atoms with Crippen LogP contribution in [0.5, 0.6) is 5.75 Å². The van der Waals surface area contributed by atoms with Gasteiger partial charge in [0.1, 0.15) is 18.7 Å². The minimum atomic E-state index is 0.433. The van der Waals surface area contributed by atoms with Gasteiger partial charge < -0.3 is 14.6 Å². The monoisotopic (exact) mass is 260 g/mol. The molecule has 0 radical (unpaired) electrons. The molecule has 0 bridgehead atoms. The van der Waals surface area contributed by atoms with E-state index in [1.54, 1.807) is 6.33 Å². The van der Waals surface area contributed by atoms with Crippen LogP contribution in [0, 0.1) is 0 Å². The molecule has 0 fully saturated rings. The number of likely N-dealkylation sites (N-methyl/N-ethyl adjacent to an activating group) is 1. The maximum atomic E-state index is 5.68. The second kappa shape index (κ2) is 6.33. The Hall–Kier alpha value is -1.88. The first-order valence-electron chi connectivity index (χ1n) is 6.41. The highest BCUT2D eigenvalue weighted by molar-refractivity contribution is 5.27. The molecule has 0 aliphatic carbocycles. The van der Waals surface area contributed by atoms with Crippen molar-refractivity contribution in [3.8, 4) is 5.75 Å². The van der Waals surface area contributed by atoms with Gasteiger partial charge in [0.25, 0.3) is 0 Å². The zero-order valence-electron chi connectivity index (χ0n) is 11.6. The van der Waals surface area contributed by atoms with Gasteiger partial charge in [0, 0.05) is 13.1 Å². The predicted octanol–water partition coefficient (Wildman–Crippen LogP) is 1.54. The molecule has 1 heterocycles. The smallest absolute Gasteiger partial charge is 0.170 e. The third kappa shape index (κ3) is 3.79. The normalized spacial score (nSPS) is 12.4. The summed E-state index contributed by atoms with van der Waals surface area (Å²) in [4.78, 5) is 0. The Labute approximate surface area is 113 Å². The average Bonchev–Trinajstić information content (AvgIpc) is 2.83. The number of hydrogen-bond donors (Lipinski definition) is 1. The number of hydrogen-bond acceptors (Lipinski definition) is 4. The van der Waals surface area contributed by atoms with Gasteiger partial charge in [-0.15, -0.1) is 10.2 Å². The van der Waals surface area contributed by atoms with Gasteiger partial charge in [-0.3, -0.25) is 0 Å². The summed E-state index contributed by atoms with van der Waals surface area (Å²) < 4.78 is 7.53. The van der Waals surface area contributed by atoms with Gasteiger partial charge in [-0.25, -0.2) is 0 Å². The number of ether oxygens (including phenoxy) is 1. The van der Waals surface area contributed by atoms with Crippen LogP contribution in [0.3, 0.4) is 0 Å². The molecule has 0 saturated carbocycles. The van der Waals surface area contributed by atoms with Crippen molar-refractivity contribution in [2.24, 2.45) is 7.05 Å². The zero-order chi connectivity index (χ0) is 13.7. The summed E-state index contributed by atoms with van der Waals surface area (Å²) in [5.74, 6) is 1.66. The summed E-state index contributed by atoms with van der Waals surface area (Å²) in [6.07, 6.45) is 2.68. The molecule has 0 spiro atoms. The summed E-state index contributed by atoms with van der Waals surface area (Å²) in [6.45, 7) is 2.60. The van der Waals surface area contributed by atoms with E-state index in [9.17, 15) is 0 Å². The molecule has 0 amide bonds. The number of aromatic nitrogens is 3. The number of rotatable bonds is 6. The second-order valence-corrected chi connectivity index (χ2v) is 4.68. The van der Waals surface area contributed by atoms with Crippen molar-refractivity contribution >= 4 is 0 Å². The van der Waals surface area contributed by atoms with Crippen LogP contribution < -0.4 is 10.1 Å². The van der Waals surface area contributed by atoms with Crippen molar-refractivity contribution in [1.82, 2.24) is 20.1 Å². The molecule has 2 rings (SSSR count). The van der Waals surface area contributed by atoms with Crippen molar-refractivity contribution in [3.05, 3.63) is 42.0 Å². The van der Waals surface area contributed by atoms with E-state index in [1.807, 2.05) is 30.8 Å². The molecule has 19 heavy (non-hydrogen) atoms. The van der Waals surface area contributed by atoms with E-state index in [0.717, 1.165) is 18.0 Å². The van der Waals surface area contributed by atoms with E-state index in [0.29, 0.717) is 12.6 Å². The van der Waals surface area contributed by atoms with Crippen molar-refractivity contribution in [2.75, 3.05) is 7.05 Å². The van der Waals surface area contributed by atoms with Crippen molar-refractivity contribution < 1.29 is 4.74 Å². The van der Waals surface area contributed by atoms with E-state index < -0.39 is 0 Å². The Morgan fingerprint density at radius 3 is 2.63 bits per heavy atom. The highest BCUT2D eigenvalue weighted by atomic mass is 16.5. The Morgan fingerprint density at radius 2 is 2.05 bits per heavy atom. The van der Waals surface area contributed by atoms with Crippen molar-refractivity contribution in [2.45, 2.75) is 26.0 Å². The van der Waals surface area contributed by atoms with E-state index in [-0.39, 0.29) is 0 Å². The molecule has 1 N–H and O–H groups in total. The van der Waals surface area contributed by atoms with Gasteiger partial charge in [0.2, 0.25) is 0 Å². The topological polar surface area (TPSA) is 52.0 Å². The molecule has 0 aliphatic heterocycles. The molecule has 0 aliphatic rings. The summed E-state index contributed by atoms with van der Waals surface area (Å²) in [5.41, 5.74) is 1.30. The summed E-state index contributed by atoms with van der Waals surface area (Å²) in [5, 5.41) is 11.0. The average molecular weight is 260 g/mol. The lowest BCUT2D eigenvalue weighted by Crippen LogP contribution is -2.23. The molecule has 5 nitrogen and oxygen atoms in total. The van der Waals surface area contributed by atoms with Crippen molar-refractivity contribution in [3.63, 3.8) is 0 Å². The molecular weight excluding hydrogens is 240 g/mol. The third-order valence-corrected chi connectivity index (χ3v) is 3.13. The Bertz CT molecular complexity index is 506. The van der Waals surface area contributed by atoms with Gasteiger partial charge in [-0.05, 0) is 38.1 Å². The lowest BCUT2D eigenvalue weighted by molar-refractivity contribution is 0.291. The molecule has 5 heteroatoms. The fourth-order valence-electron chi connectivity index (χ4n) is 1.76. The number of nitrogens with one attached hydrogen (secondary N) is 1. The molecular formula is C14H20N4O. The fraction of sp³-hybridized carbons (Fsp3) is 0.429. The lowest BCUT2D eigenvalue weighted by atomic mass is 10.1. The fourth-order valence-corrected chi connectivity index (χ4v) is 1.76. The molecule has 1 aromatic heterocycles. The zero-order valence-corrected chi connectivity index (χ0v) is 11.6. The van der Waals surface area contributed by atoms with Gasteiger partial charge in [-0.1, -0.05) is 12.1 Å². The SMILES string of the molecule is CNC(C)Cc1ccc(OCc2nncn2C)cc1. The maximum absolute atomic E-state index is 5.68. The second-order valence-electron chi connectivity index (χ2n) is 4.68. The van der Waals surface area contributed by atoms with E-state index >= 15 is 0 Å². The lowest BCUT2D eigenvalue weighted by Gasteiger charge is -2.11. The molecule has 2 aromatic rings. The van der Waals surface area contributed by atoms with Crippen molar-refractivity contribution in [1.29, 1.82) is 0 Å². The van der Waals surface area contributed by atoms with Crippen LogP contribution in [0.25, 0.3) is 0 Å². The van der Waals surface area contributed by atoms with E-state index in [1.165, 1.54) is 5.56 Å². The van der Waals surface area contributed by atoms with Crippen LogP contribution in [0.15, 0.2) is 30.6 Å². The predicted molar refractivity (Wildman–Crippen MR) is 74.0 cm³/mol. The van der Waals surface area contributed by atoms with Gasteiger partial charge in [0.15, 0.2) is 5.82 Å². The van der Waals surface area contributed by atoms with Crippen LogP contribution in [-0.2, 0) is 20.1 Å². The van der Waals surface area contributed by atoms with Crippen LogP contribution in [0.1, 0.15) is 18.3 Å². The highest BCUT2D eigenvalue weighted by Crippen LogP contribution is 2.14. The summed E-state index contributed by atoms with van der Waals surface area (Å²) in [6, 6.07) is 8.66. The Kier molecular flexibility index (Phi) is 4.52. The maximum Gasteiger partial charge on any atom is 0.170 e. The van der Waals surface area contributed by atoms with Crippen LogP contribution in [0.2, 0.25) is 0 Å². The molecule has 1 atom stereocenters. The molecule has 1 unspecified atom stereocenters. The Morgan fingerprint density at radius 1 is 1.32 bits per heavy atom. The van der Waals surface area contributed by atoms with Gasteiger partial charge in [-0.2, -0.15) is 0 Å². The van der Waals surface area contributed by atoms with Crippen LogP contribution in [-0.4, -0.2) is 27.9 Å². The largest absolute Gasteiger partial charge is 0.486 e. The van der Waals surface area contributed by atoms with Gasteiger partial charge in [0.05, 0.1) is 0 Å². The molecule has 0 saturated heterocycles. The molecule has 1 aromatic carbocycles. The number of benzene rings is 1. The van der Waals surface area contributed by atoms with E-state index in [2.05, 4.69) is 34.6 Å². The first-order valence-corrected chi connectivity index (χ1v) is 6.41. The van der Waals surface area contributed by atoms with Crippen LogP contribution in [0.4, 0.5) is 0 Å². The number of nitrogens with zero attached hydrogens (tertiary/aromatic N) is 3. The Balaban J connectivity index is 1.90. The first-order chi connectivity index (χ1) is 9.19. The summed E-state index contributed by atoms with van der Waals surface area (Å²) in [7, 11) is 3.88. The minimum absolute atomic E-state index is 0.433. The first kappa shape index (κ1) is 13.5. The quantitative estimate of drug-likeness (QED) is 0.856. The standard InChI is InChI=1S/C14H20N4O/c1-11(15-2)8-12-4-6-13(7-5-12)19-9-14-17-16-10-18(14)3/h4-7,10-11,15H,8-9H2,1-3H3. The highest BCUT2D eigenvalue weighted by Gasteiger charge is 2.03. The van der Waals surface area contributed by atoms with Gasteiger partial charge >= 0.3 is 0 Å². The minimum Gasteiger partial charge on any atom is -0.486 e. The number of aryl methyl sites for hydroxylation is 1. The molecule has 102 valence electrons. The third-order valence-electron chi connectivity index (χ3n) is 3.13. The summed E-state index contributed by atoms with van der Waals surface area (Å²) >= 11 is 0. The van der Waals surface area contributed by atoms with Crippen LogP contribution >= 0.6 is 0 Å².